The molecule has 3 aliphatic rings. The van der Waals surface area contributed by atoms with E-state index in [1.807, 2.05) is 0 Å². The van der Waals surface area contributed by atoms with Crippen molar-refractivity contribution in [1.29, 1.82) is 0 Å². The molecule has 2 N–H and O–H groups in total. The number of hydrogen-bond acceptors (Lipinski definition) is 3. The molecular weight excluding hydrogens is 248 g/mol. The normalized spacial score (nSPS) is 42.6. The Hall–Kier alpha value is -0.120. The third kappa shape index (κ3) is 2.65. The second-order valence-electron chi connectivity index (χ2n) is 7.26. The highest BCUT2D eigenvalue weighted by Crippen LogP contribution is 2.43. The van der Waals surface area contributed by atoms with Gasteiger partial charge in [0.1, 0.15) is 0 Å². The minimum absolute atomic E-state index is 0.242. The lowest BCUT2D eigenvalue weighted by atomic mass is 9.79. The molecule has 20 heavy (non-hydrogen) atoms. The first-order chi connectivity index (χ1) is 9.79. The van der Waals surface area contributed by atoms with Crippen LogP contribution in [0.5, 0.6) is 0 Å². The molecule has 0 amide bonds. The molecule has 116 valence electrons. The van der Waals surface area contributed by atoms with Gasteiger partial charge in [-0.15, -0.1) is 0 Å². The minimum Gasteiger partial charge on any atom is -0.378 e. The summed E-state index contributed by atoms with van der Waals surface area (Å²) in [6, 6.07) is 0.827. The highest BCUT2D eigenvalue weighted by molar-refractivity contribution is 5.02. The number of hydrogen-bond donors (Lipinski definition) is 1. The SMILES string of the molecule is CCCC1CC(CN)(N2CCCC3CCCC32)CCO1. The fourth-order valence-corrected chi connectivity index (χ4v) is 5.11. The molecule has 4 unspecified atom stereocenters. The number of nitrogens with zero attached hydrogens (tertiary/aromatic N) is 1. The van der Waals surface area contributed by atoms with Gasteiger partial charge >= 0.3 is 0 Å². The van der Waals surface area contributed by atoms with Gasteiger partial charge in [-0.25, -0.2) is 0 Å². The Morgan fingerprint density at radius 2 is 2.10 bits per heavy atom. The van der Waals surface area contributed by atoms with Crippen LogP contribution in [-0.2, 0) is 4.74 Å². The molecule has 3 fully saturated rings. The first-order valence-corrected chi connectivity index (χ1v) is 8.87. The van der Waals surface area contributed by atoms with Crippen LogP contribution in [0.3, 0.4) is 0 Å². The summed E-state index contributed by atoms with van der Waals surface area (Å²) in [4.78, 5) is 2.85. The van der Waals surface area contributed by atoms with E-state index in [1.165, 1.54) is 57.9 Å². The highest BCUT2D eigenvalue weighted by Gasteiger charge is 2.47. The molecule has 3 heteroatoms. The Morgan fingerprint density at radius 1 is 1.25 bits per heavy atom. The van der Waals surface area contributed by atoms with Gasteiger partial charge in [-0.1, -0.05) is 19.8 Å². The molecule has 1 aliphatic carbocycles. The van der Waals surface area contributed by atoms with E-state index in [4.69, 9.17) is 10.5 Å². The van der Waals surface area contributed by atoms with E-state index in [2.05, 4.69) is 11.8 Å². The molecule has 0 aromatic carbocycles. The van der Waals surface area contributed by atoms with Crippen LogP contribution in [0.4, 0.5) is 0 Å². The van der Waals surface area contributed by atoms with Crippen LogP contribution >= 0.6 is 0 Å². The maximum absolute atomic E-state index is 6.31. The van der Waals surface area contributed by atoms with Crippen LogP contribution in [0, 0.1) is 5.92 Å². The molecule has 2 aliphatic heterocycles. The fourth-order valence-electron chi connectivity index (χ4n) is 5.11. The van der Waals surface area contributed by atoms with Gasteiger partial charge in [-0.2, -0.15) is 0 Å². The Morgan fingerprint density at radius 3 is 2.90 bits per heavy atom. The van der Waals surface area contributed by atoms with Crippen LogP contribution in [0.1, 0.15) is 64.7 Å². The highest BCUT2D eigenvalue weighted by atomic mass is 16.5. The molecule has 3 rings (SSSR count). The monoisotopic (exact) mass is 280 g/mol. The zero-order valence-corrected chi connectivity index (χ0v) is 13.2. The quantitative estimate of drug-likeness (QED) is 0.860. The summed E-state index contributed by atoms with van der Waals surface area (Å²) < 4.78 is 6.00. The maximum Gasteiger partial charge on any atom is 0.0593 e. The van der Waals surface area contributed by atoms with Crippen molar-refractivity contribution < 1.29 is 4.74 Å². The number of ether oxygens (including phenoxy) is 1. The molecule has 3 nitrogen and oxygen atoms in total. The summed E-state index contributed by atoms with van der Waals surface area (Å²) in [6.07, 6.45) is 12.3. The summed E-state index contributed by atoms with van der Waals surface area (Å²) in [5.74, 6) is 0.958. The molecule has 1 saturated carbocycles. The van der Waals surface area contributed by atoms with Crippen molar-refractivity contribution in [3.63, 3.8) is 0 Å². The van der Waals surface area contributed by atoms with Crippen molar-refractivity contribution in [1.82, 2.24) is 4.90 Å². The zero-order chi connectivity index (χ0) is 14.0. The number of nitrogens with two attached hydrogens (primary N) is 1. The first kappa shape index (κ1) is 14.8. The molecule has 0 bridgehead atoms. The van der Waals surface area contributed by atoms with E-state index in [0.29, 0.717) is 6.10 Å². The average Bonchev–Trinajstić information content (AvgIpc) is 2.96. The fraction of sp³-hybridized carbons (Fsp3) is 1.00. The van der Waals surface area contributed by atoms with Crippen LogP contribution in [0.2, 0.25) is 0 Å². The van der Waals surface area contributed by atoms with E-state index in [-0.39, 0.29) is 5.54 Å². The largest absolute Gasteiger partial charge is 0.378 e. The van der Waals surface area contributed by atoms with Crippen molar-refractivity contribution in [2.24, 2.45) is 11.7 Å². The summed E-state index contributed by atoms with van der Waals surface area (Å²) in [5, 5.41) is 0. The van der Waals surface area contributed by atoms with Crippen molar-refractivity contribution >= 4 is 0 Å². The van der Waals surface area contributed by atoms with Gasteiger partial charge in [0, 0.05) is 24.7 Å². The first-order valence-electron chi connectivity index (χ1n) is 8.87. The van der Waals surface area contributed by atoms with Crippen LogP contribution < -0.4 is 5.73 Å². The Labute approximate surface area is 124 Å². The van der Waals surface area contributed by atoms with E-state index >= 15 is 0 Å². The van der Waals surface area contributed by atoms with Gasteiger partial charge in [-0.3, -0.25) is 4.90 Å². The lowest BCUT2D eigenvalue weighted by Gasteiger charge is -2.53. The Bertz CT molecular complexity index is 320. The lowest BCUT2D eigenvalue weighted by Crippen LogP contribution is -2.63. The molecule has 0 radical (unpaired) electrons. The minimum atomic E-state index is 0.242. The predicted molar refractivity (Wildman–Crippen MR) is 82.7 cm³/mol. The van der Waals surface area contributed by atoms with Gasteiger partial charge in [0.15, 0.2) is 0 Å². The van der Waals surface area contributed by atoms with Gasteiger partial charge in [0.05, 0.1) is 6.10 Å². The van der Waals surface area contributed by atoms with E-state index in [1.54, 1.807) is 0 Å². The molecule has 4 atom stereocenters. The van der Waals surface area contributed by atoms with Crippen LogP contribution in [-0.4, -0.2) is 42.3 Å². The number of rotatable bonds is 4. The molecule has 2 heterocycles. The van der Waals surface area contributed by atoms with Gasteiger partial charge < -0.3 is 10.5 Å². The van der Waals surface area contributed by atoms with E-state index < -0.39 is 0 Å². The Balaban J connectivity index is 1.76. The topological polar surface area (TPSA) is 38.5 Å². The molecule has 2 saturated heterocycles. The van der Waals surface area contributed by atoms with Crippen molar-refractivity contribution in [3.05, 3.63) is 0 Å². The lowest BCUT2D eigenvalue weighted by molar-refractivity contribution is -0.0988. The second-order valence-corrected chi connectivity index (χ2v) is 7.26. The molecule has 0 aromatic heterocycles. The summed E-state index contributed by atoms with van der Waals surface area (Å²) in [5.41, 5.74) is 6.55. The van der Waals surface area contributed by atoms with Crippen molar-refractivity contribution in [3.8, 4) is 0 Å². The Kier molecular flexibility index (Phi) is 4.68. The third-order valence-electron chi connectivity index (χ3n) is 6.12. The standard InChI is InChI=1S/C17H32N2O/c1-2-5-15-12-17(13-18,9-11-20-15)19-10-4-7-14-6-3-8-16(14)19/h14-16H,2-13,18H2,1H3. The van der Waals surface area contributed by atoms with Gasteiger partial charge in [0.2, 0.25) is 0 Å². The smallest absolute Gasteiger partial charge is 0.0593 e. The van der Waals surface area contributed by atoms with Gasteiger partial charge in [-0.05, 0) is 57.4 Å². The number of piperidine rings is 1. The maximum atomic E-state index is 6.31. The van der Waals surface area contributed by atoms with Crippen LogP contribution in [0.15, 0.2) is 0 Å². The van der Waals surface area contributed by atoms with Crippen molar-refractivity contribution in [2.75, 3.05) is 19.7 Å². The van der Waals surface area contributed by atoms with Crippen LogP contribution in [0.25, 0.3) is 0 Å². The molecular formula is C17H32N2O. The van der Waals surface area contributed by atoms with E-state index in [0.717, 1.165) is 31.5 Å². The number of fused-ring (bicyclic) bond motifs is 1. The summed E-state index contributed by atoms with van der Waals surface area (Å²) >= 11 is 0. The van der Waals surface area contributed by atoms with Gasteiger partial charge in [0.25, 0.3) is 0 Å². The average molecular weight is 280 g/mol. The zero-order valence-electron chi connectivity index (χ0n) is 13.2. The predicted octanol–water partition coefficient (Wildman–Crippen LogP) is 2.93. The number of likely N-dealkylation sites (tertiary alicyclic amines) is 1. The van der Waals surface area contributed by atoms with E-state index in [9.17, 15) is 0 Å². The summed E-state index contributed by atoms with van der Waals surface area (Å²) in [6.45, 7) is 5.27. The molecule has 0 aromatic rings. The molecule has 0 spiro atoms. The summed E-state index contributed by atoms with van der Waals surface area (Å²) in [7, 11) is 0. The third-order valence-corrected chi connectivity index (χ3v) is 6.12. The second kappa shape index (κ2) is 6.33. The van der Waals surface area contributed by atoms with Crippen molar-refractivity contribution in [2.45, 2.75) is 82.4 Å².